The summed E-state index contributed by atoms with van der Waals surface area (Å²) in [4.78, 5) is 4.24. The molecule has 2 rings (SSSR count). The number of nitrogens with two attached hydrogens (primary N) is 1. The lowest BCUT2D eigenvalue weighted by atomic mass is 10.2. The van der Waals surface area contributed by atoms with Gasteiger partial charge in [-0.05, 0) is 36.8 Å². The first-order valence-corrected chi connectivity index (χ1v) is 5.80. The molecule has 3 N–H and O–H groups in total. The second-order valence-electron chi connectivity index (χ2n) is 3.90. The Morgan fingerprint density at radius 1 is 1.33 bits per heavy atom. The molecule has 5 heteroatoms. The molecule has 1 heterocycles. The first-order chi connectivity index (χ1) is 8.60. The van der Waals surface area contributed by atoms with Gasteiger partial charge in [0.2, 0.25) is 0 Å². The number of nitrogens with zero attached hydrogens (tertiary/aromatic N) is 1. The molecule has 2 aromatic rings. The molecule has 0 amide bonds. The highest BCUT2D eigenvalue weighted by atomic mass is 35.5. The molecule has 0 saturated heterocycles. The summed E-state index contributed by atoms with van der Waals surface area (Å²) in [6.07, 6.45) is 1.60. The van der Waals surface area contributed by atoms with Crippen LogP contribution in [0.1, 0.15) is 5.56 Å². The maximum absolute atomic E-state index is 5.97. The molecule has 0 aliphatic heterocycles. The van der Waals surface area contributed by atoms with Crippen molar-refractivity contribution in [1.29, 1.82) is 0 Å². The number of aromatic nitrogens is 1. The van der Waals surface area contributed by atoms with Crippen molar-refractivity contribution in [1.82, 2.24) is 4.98 Å². The van der Waals surface area contributed by atoms with Gasteiger partial charge in [-0.2, -0.15) is 0 Å². The molecule has 1 aromatic heterocycles. The summed E-state index contributed by atoms with van der Waals surface area (Å²) >= 11 is 5.97. The van der Waals surface area contributed by atoms with Gasteiger partial charge in [-0.15, -0.1) is 0 Å². The molecule has 0 spiro atoms. The highest BCUT2D eigenvalue weighted by Crippen LogP contribution is 2.30. The fourth-order valence-corrected chi connectivity index (χ4v) is 1.80. The van der Waals surface area contributed by atoms with Crippen LogP contribution >= 0.6 is 11.6 Å². The van der Waals surface area contributed by atoms with Gasteiger partial charge in [-0.3, -0.25) is 0 Å². The highest BCUT2D eigenvalue weighted by Gasteiger charge is 2.07. The van der Waals surface area contributed by atoms with Crippen molar-refractivity contribution in [3.63, 3.8) is 0 Å². The monoisotopic (exact) mass is 263 g/mol. The van der Waals surface area contributed by atoms with Gasteiger partial charge < -0.3 is 15.8 Å². The van der Waals surface area contributed by atoms with E-state index in [1.807, 2.05) is 13.0 Å². The number of nitrogens with one attached hydrogen (secondary N) is 1. The first-order valence-electron chi connectivity index (χ1n) is 5.43. The molecule has 0 fully saturated rings. The Kier molecular flexibility index (Phi) is 3.58. The second kappa shape index (κ2) is 5.14. The van der Waals surface area contributed by atoms with Gasteiger partial charge in [-0.1, -0.05) is 11.6 Å². The van der Waals surface area contributed by atoms with Crippen LogP contribution in [-0.2, 0) is 0 Å². The van der Waals surface area contributed by atoms with E-state index >= 15 is 0 Å². The van der Waals surface area contributed by atoms with Crippen LogP contribution in [0.4, 0.5) is 17.2 Å². The number of benzene rings is 1. The summed E-state index contributed by atoms with van der Waals surface area (Å²) in [5.74, 6) is 1.43. The van der Waals surface area contributed by atoms with Crippen molar-refractivity contribution in [2.45, 2.75) is 6.92 Å². The van der Waals surface area contributed by atoms with E-state index in [-0.39, 0.29) is 0 Å². The number of methoxy groups -OCH3 is 1. The largest absolute Gasteiger partial charge is 0.495 e. The normalized spacial score (nSPS) is 10.2. The smallest absolute Gasteiger partial charge is 0.142 e. The number of hydrogen-bond acceptors (Lipinski definition) is 4. The number of pyridine rings is 1. The SMILES string of the molecule is COc1ccc(Cl)cc1Nc1ncc(N)cc1C. The van der Waals surface area contributed by atoms with E-state index in [1.54, 1.807) is 31.5 Å². The Balaban J connectivity index is 2.36. The molecule has 0 radical (unpaired) electrons. The lowest BCUT2D eigenvalue weighted by molar-refractivity contribution is 0.417. The van der Waals surface area contributed by atoms with E-state index in [0.717, 1.165) is 17.1 Å². The Bertz CT molecular complexity index is 572. The Morgan fingerprint density at radius 2 is 2.11 bits per heavy atom. The van der Waals surface area contributed by atoms with Gasteiger partial charge in [0, 0.05) is 5.02 Å². The van der Waals surface area contributed by atoms with Gasteiger partial charge in [0.25, 0.3) is 0 Å². The molecule has 1 aromatic carbocycles. The molecule has 0 aliphatic rings. The van der Waals surface area contributed by atoms with Crippen molar-refractivity contribution in [2.24, 2.45) is 0 Å². The van der Waals surface area contributed by atoms with E-state index in [1.165, 1.54) is 0 Å². The summed E-state index contributed by atoms with van der Waals surface area (Å²) in [6, 6.07) is 7.22. The molecule has 94 valence electrons. The number of ether oxygens (including phenoxy) is 1. The quantitative estimate of drug-likeness (QED) is 0.891. The minimum Gasteiger partial charge on any atom is -0.495 e. The molecular weight excluding hydrogens is 250 g/mol. The fourth-order valence-electron chi connectivity index (χ4n) is 1.63. The average molecular weight is 264 g/mol. The maximum atomic E-state index is 5.97. The summed E-state index contributed by atoms with van der Waals surface area (Å²) in [7, 11) is 1.61. The maximum Gasteiger partial charge on any atom is 0.142 e. The molecule has 0 aliphatic carbocycles. The number of rotatable bonds is 3. The van der Waals surface area contributed by atoms with Gasteiger partial charge in [-0.25, -0.2) is 4.98 Å². The number of hydrogen-bond donors (Lipinski definition) is 2. The van der Waals surface area contributed by atoms with Crippen LogP contribution in [0.2, 0.25) is 5.02 Å². The zero-order valence-electron chi connectivity index (χ0n) is 10.2. The van der Waals surface area contributed by atoms with Crippen LogP contribution in [0.15, 0.2) is 30.5 Å². The third kappa shape index (κ3) is 2.65. The predicted octanol–water partition coefficient (Wildman–Crippen LogP) is 3.38. The van der Waals surface area contributed by atoms with Crippen molar-refractivity contribution in [3.8, 4) is 5.75 Å². The van der Waals surface area contributed by atoms with Crippen LogP contribution in [0.25, 0.3) is 0 Å². The van der Waals surface area contributed by atoms with E-state index in [9.17, 15) is 0 Å². The predicted molar refractivity (Wildman–Crippen MR) is 74.7 cm³/mol. The highest BCUT2D eigenvalue weighted by molar-refractivity contribution is 6.31. The Morgan fingerprint density at radius 3 is 2.78 bits per heavy atom. The summed E-state index contributed by atoms with van der Waals surface area (Å²) < 4.78 is 5.26. The third-order valence-electron chi connectivity index (χ3n) is 2.51. The molecular formula is C13H14ClN3O. The summed E-state index contributed by atoms with van der Waals surface area (Å²) in [5, 5.41) is 3.81. The Hall–Kier alpha value is -1.94. The van der Waals surface area contributed by atoms with E-state index in [4.69, 9.17) is 22.1 Å². The van der Waals surface area contributed by atoms with Gasteiger partial charge in [0.15, 0.2) is 0 Å². The van der Waals surface area contributed by atoms with Crippen LogP contribution in [0.3, 0.4) is 0 Å². The van der Waals surface area contributed by atoms with Crippen molar-refractivity contribution < 1.29 is 4.74 Å². The van der Waals surface area contributed by atoms with Crippen molar-refractivity contribution >= 4 is 28.8 Å². The molecule has 0 bridgehead atoms. The van der Waals surface area contributed by atoms with E-state index in [2.05, 4.69) is 10.3 Å². The van der Waals surface area contributed by atoms with Gasteiger partial charge >= 0.3 is 0 Å². The number of halogens is 1. The summed E-state index contributed by atoms with van der Waals surface area (Å²) in [6.45, 7) is 1.93. The standard InChI is InChI=1S/C13H14ClN3O/c1-8-5-10(15)7-16-13(8)17-11-6-9(14)3-4-12(11)18-2/h3-7H,15H2,1-2H3,(H,16,17). The van der Waals surface area contributed by atoms with Gasteiger partial charge in [0.1, 0.15) is 11.6 Å². The lowest BCUT2D eigenvalue weighted by Crippen LogP contribution is -2.00. The Labute approximate surface area is 111 Å². The second-order valence-corrected chi connectivity index (χ2v) is 4.34. The molecule has 18 heavy (non-hydrogen) atoms. The molecule has 0 atom stereocenters. The first kappa shape index (κ1) is 12.5. The minimum atomic E-state index is 0.631. The fraction of sp³-hybridized carbons (Fsp3) is 0.154. The molecule has 0 unspecified atom stereocenters. The van der Waals surface area contributed by atoms with Crippen LogP contribution in [-0.4, -0.2) is 12.1 Å². The zero-order chi connectivity index (χ0) is 13.1. The van der Waals surface area contributed by atoms with Crippen molar-refractivity contribution in [3.05, 3.63) is 41.0 Å². The number of anilines is 3. The number of aryl methyl sites for hydroxylation is 1. The topological polar surface area (TPSA) is 60.2 Å². The van der Waals surface area contributed by atoms with Crippen LogP contribution in [0, 0.1) is 6.92 Å². The summed E-state index contributed by atoms with van der Waals surface area (Å²) in [5.41, 5.74) is 8.02. The average Bonchev–Trinajstić information content (AvgIpc) is 2.33. The van der Waals surface area contributed by atoms with Crippen molar-refractivity contribution in [2.75, 3.05) is 18.2 Å². The van der Waals surface area contributed by atoms with Gasteiger partial charge in [0.05, 0.1) is 24.7 Å². The zero-order valence-corrected chi connectivity index (χ0v) is 11.0. The van der Waals surface area contributed by atoms with E-state index in [0.29, 0.717) is 16.5 Å². The van der Waals surface area contributed by atoms with E-state index < -0.39 is 0 Å². The lowest BCUT2D eigenvalue weighted by Gasteiger charge is -2.12. The number of nitrogen functional groups attached to an aromatic ring is 1. The molecule has 0 saturated carbocycles. The van der Waals surface area contributed by atoms with Crippen LogP contribution in [0.5, 0.6) is 5.75 Å². The third-order valence-corrected chi connectivity index (χ3v) is 2.75. The van der Waals surface area contributed by atoms with Crippen LogP contribution < -0.4 is 15.8 Å². The molecule has 4 nitrogen and oxygen atoms in total. The minimum absolute atomic E-state index is 0.631.